The third-order valence-corrected chi connectivity index (χ3v) is 5.49. The number of nitrogens with one attached hydrogen (secondary N) is 1. The molecular weight excluding hydrogens is 322 g/mol. The van der Waals surface area contributed by atoms with Gasteiger partial charge in [0.25, 0.3) is 0 Å². The summed E-state index contributed by atoms with van der Waals surface area (Å²) in [5, 5.41) is 3.10. The number of likely N-dealkylation sites (tertiary alicyclic amines) is 1. The van der Waals surface area contributed by atoms with Crippen LogP contribution in [0.1, 0.15) is 48.8 Å². The summed E-state index contributed by atoms with van der Waals surface area (Å²) < 4.78 is 0. The van der Waals surface area contributed by atoms with Gasteiger partial charge in [0.2, 0.25) is 5.91 Å². The van der Waals surface area contributed by atoms with Gasteiger partial charge in [-0.25, -0.2) is 0 Å². The highest BCUT2D eigenvalue weighted by atomic mass is 16.1. The summed E-state index contributed by atoms with van der Waals surface area (Å²) in [6, 6.07) is 6.76. The van der Waals surface area contributed by atoms with Gasteiger partial charge in [-0.1, -0.05) is 23.8 Å². The van der Waals surface area contributed by atoms with Gasteiger partial charge >= 0.3 is 0 Å². The Labute approximate surface area is 159 Å². The minimum Gasteiger partial charge on any atom is -0.356 e. The first-order valence-electron chi connectivity index (χ1n) is 10.1. The Kier molecular flexibility index (Phi) is 8.60. The van der Waals surface area contributed by atoms with Crippen LogP contribution in [0.5, 0.6) is 0 Å². The van der Waals surface area contributed by atoms with E-state index in [0.717, 1.165) is 38.4 Å². The van der Waals surface area contributed by atoms with Crippen LogP contribution in [0.3, 0.4) is 0 Å². The zero-order chi connectivity index (χ0) is 18.9. The molecule has 1 N–H and O–H groups in total. The molecule has 1 aromatic carbocycles. The van der Waals surface area contributed by atoms with Crippen LogP contribution in [-0.2, 0) is 11.3 Å². The lowest BCUT2D eigenvalue weighted by molar-refractivity contribution is -0.121. The van der Waals surface area contributed by atoms with Crippen molar-refractivity contribution in [2.75, 3.05) is 40.3 Å². The van der Waals surface area contributed by atoms with Crippen LogP contribution in [-0.4, -0.2) is 56.0 Å². The molecule has 0 radical (unpaired) electrons. The smallest absolute Gasteiger partial charge is 0.220 e. The fourth-order valence-corrected chi connectivity index (χ4v) is 3.70. The van der Waals surface area contributed by atoms with Gasteiger partial charge in [0.1, 0.15) is 0 Å². The minimum absolute atomic E-state index is 0.208. The molecule has 2 rings (SSSR count). The van der Waals surface area contributed by atoms with E-state index < -0.39 is 0 Å². The molecule has 1 aliphatic rings. The lowest BCUT2D eigenvalue weighted by Crippen LogP contribution is -2.35. The summed E-state index contributed by atoms with van der Waals surface area (Å²) in [5.74, 6) is 0.964. The van der Waals surface area contributed by atoms with Gasteiger partial charge in [-0.15, -0.1) is 0 Å². The fraction of sp³-hybridized carbons (Fsp3) is 0.682. The standard InChI is InChI=1S/C22H37N3O/c1-18-7-8-19(2)21(16-18)17-25-14-10-20(11-15-25)9-12-23-22(26)6-5-13-24(3)4/h7-8,16,20H,5-6,9-15,17H2,1-4H3,(H,23,26). The predicted molar refractivity (Wildman–Crippen MR) is 109 cm³/mol. The average Bonchev–Trinajstić information content (AvgIpc) is 2.59. The number of nitrogens with zero attached hydrogens (tertiary/aromatic N) is 2. The second-order valence-electron chi connectivity index (χ2n) is 8.19. The van der Waals surface area contributed by atoms with Crippen molar-refractivity contribution in [3.63, 3.8) is 0 Å². The lowest BCUT2D eigenvalue weighted by Gasteiger charge is -2.32. The predicted octanol–water partition coefficient (Wildman–Crippen LogP) is 3.36. The summed E-state index contributed by atoms with van der Waals surface area (Å²) in [4.78, 5) is 16.5. The maximum absolute atomic E-state index is 11.8. The topological polar surface area (TPSA) is 35.6 Å². The number of piperidine rings is 1. The van der Waals surface area contributed by atoms with E-state index in [9.17, 15) is 4.79 Å². The summed E-state index contributed by atoms with van der Waals surface area (Å²) >= 11 is 0. The van der Waals surface area contributed by atoms with E-state index in [1.807, 2.05) is 14.1 Å². The second-order valence-corrected chi connectivity index (χ2v) is 8.19. The number of hydrogen-bond donors (Lipinski definition) is 1. The number of rotatable bonds is 9. The molecule has 0 bridgehead atoms. The Morgan fingerprint density at radius 1 is 1.23 bits per heavy atom. The summed E-state index contributed by atoms with van der Waals surface area (Å²) in [7, 11) is 4.09. The van der Waals surface area contributed by atoms with Crippen LogP contribution in [0, 0.1) is 19.8 Å². The zero-order valence-corrected chi connectivity index (χ0v) is 17.2. The monoisotopic (exact) mass is 359 g/mol. The van der Waals surface area contributed by atoms with Crippen molar-refractivity contribution in [1.29, 1.82) is 0 Å². The fourth-order valence-electron chi connectivity index (χ4n) is 3.70. The van der Waals surface area contributed by atoms with E-state index >= 15 is 0 Å². The summed E-state index contributed by atoms with van der Waals surface area (Å²) in [5.41, 5.74) is 4.21. The molecule has 0 atom stereocenters. The Morgan fingerprint density at radius 3 is 2.65 bits per heavy atom. The molecule has 1 saturated heterocycles. The second kappa shape index (κ2) is 10.7. The molecule has 1 amide bonds. The van der Waals surface area contributed by atoms with Crippen LogP contribution in [0.15, 0.2) is 18.2 Å². The Hall–Kier alpha value is -1.39. The highest BCUT2D eigenvalue weighted by molar-refractivity contribution is 5.75. The van der Waals surface area contributed by atoms with Crippen molar-refractivity contribution in [1.82, 2.24) is 15.1 Å². The molecule has 1 heterocycles. The first kappa shape index (κ1) is 20.9. The molecule has 1 fully saturated rings. The molecule has 0 aliphatic carbocycles. The van der Waals surface area contributed by atoms with Crippen LogP contribution >= 0.6 is 0 Å². The number of carbonyl (C=O) groups is 1. The molecule has 146 valence electrons. The van der Waals surface area contributed by atoms with E-state index in [2.05, 4.69) is 47.2 Å². The van der Waals surface area contributed by atoms with E-state index in [4.69, 9.17) is 0 Å². The van der Waals surface area contributed by atoms with Gasteiger partial charge in [-0.2, -0.15) is 0 Å². The van der Waals surface area contributed by atoms with Gasteiger partial charge in [-0.05, 0) is 90.3 Å². The first-order valence-corrected chi connectivity index (χ1v) is 10.1. The number of amides is 1. The molecule has 0 aromatic heterocycles. The van der Waals surface area contributed by atoms with Crippen molar-refractivity contribution in [2.24, 2.45) is 5.92 Å². The normalized spacial score (nSPS) is 16.2. The van der Waals surface area contributed by atoms with Crippen LogP contribution in [0.4, 0.5) is 0 Å². The number of carbonyl (C=O) groups excluding carboxylic acids is 1. The molecule has 4 nitrogen and oxygen atoms in total. The van der Waals surface area contributed by atoms with E-state index in [1.54, 1.807) is 0 Å². The van der Waals surface area contributed by atoms with Gasteiger partial charge in [-0.3, -0.25) is 9.69 Å². The molecule has 0 spiro atoms. The van der Waals surface area contributed by atoms with Crippen molar-refractivity contribution in [3.05, 3.63) is 34.9 Å². The quantitative estimate of drug-likeness (QED) is 0.734. The SMILES string of the molecule is Cc1ccc(C)c(CN2CCC(CCNC(=O)CCCN(C)C)CC2)c1. The zero-order valence-electron chi connectivity index (χ0n) is 17.2. The molecule has 0 unspecified atom stereocenters. The third kappa shape index (κ3) is 7.46. The Balaban J connectivity index is 1.61. The largest absolute Gasteiger partial charge is 0.356 e. The van der Waals surface area contributed by atoms with Crippen LogP contribution in [0.2, 0.25) is 0 Å². The molecule has 4 heteroatoms. The molecule has 26 heavy (non-hydrogen) atoms. The van der Waals surface area contributed by atoms with Crippen molar-refractivity contribution >= 4 is 5.91 Å². The molecule has 1 aliphatic heterocycles. The van der Waals surface area contributed by atoms with E-state index in [1.165, 1.54) is 42.6 Å². The highest BCUT2D eigenvalue weighted by Gasteiger charge is 2.19. The van der Waals surface area contributed by atoms with Crippen molar-refractivity contribution in [2.45, 2.75) is 52.5 Å². The molecular formula is C22H37N3O. The van der Waals surface area contributed by atoms with Gasteiger partial charge in [0, 0.05) is 19.5 Å². The highest BCUT2D eigenvalue weighted by Crippen LogP contribution is 2.22. The first-order chi connectivity index (χ1) is 12.4. The maximum atomic E-state index is 11.8. The summed E-state index contributed by atoms with van der Waals surface area (Å²) in [6.45, 7) is 9.62. The van der Waals surface area contributed by atoms with Crippen LogP contribution < -0.4 is 5.32 Å². The lowest BCUT2D eigenvalue weighted by atomic mass is 9.93. The molecule has 0 saturated carbocycles. The van der Waals surface area contributed by atoms with E-state index in [0.29, 0.717) is 6.42 Å². The van der Waals surface area contributed by atoms with Gasteiger partial charge in [0.15, 0.2) is 0 Å². The molecule has 1 aromatic rings. The van der Waals surface area contributed by atoms with Crippen LogP contribution in [0.25, 0.3) is 0 Å². The number of hydrogen-bond acceptors (Lipinski definition) is 3. The maximum Gasteiger partial charge on any atom is 0.220 e. The average molecular weight is 360 g/mol. The Bertz CT molecular complexity index is 563. The minimum atomic E-state index is 0.208. The van der Waals surface area contributed by atoms with Gasteiger partial charge in [0.05, 0.1) is 0 Å². The Morgan fingerprint density at radius 2 is 1.96 bits per heavy atom. The number of aryl methyl sites for hydroxylation is 2. The third-order valence-electron chi connectivity index (χ3n) is 5.49. The van der Waals surface area contributed by atoms with Crippen molar-refractivity contribution in [3.8, 4) is 0 Å². The van der Waals surface area contributed by atoms with E-state index in [-0.39, 0.29) is 5.91 Å². The van der Waals surface area contributed by atoms with Gasteiger partial charge < -0.3 is 10.2 Å². The number of benzene rings is 1. The van der Waals surface area contributed by atoms with Crippen molar-refractivity contribution < 1.29 is 4.79 Å². The summed E-state index contributed by atoms with van der Waals surface area (Å²) in [6.07, 6.45) is 5.21.